The Kier molecular flexibility index (Phi) is 5.32. The van der Waals surface area contributed by atoms with Crippen LogP contribution in [0.4, 0.5) is 5.69 Å². The van der Waals surface area contributed by atoms with E-state index in [9.17, 15) is 9.90 Å². The molecule has 1 saturated heterocycles. The number of fused-ring (bicyclic) bond motifs is 1. The fraction of sp³-hybridized carbons (Fsp3) is 0.478. The number of nitrogens with zero attached hydrogens (tertiary/aromatic N) is 4. The van der Waals surface area contributed by atoms with Gasteiger partial charge in [0.25, 0.3) is 0 Å². The molecule has 6 nitrogen and oxygen atoms in total. The van der Waals surface area contributed by atoms with Crippen LogP contribution in [0.25, 0.3) is 0 Å². The van der Waals surface area contributed by atoms with E-state index in [-0.39, 0.29) is 5.91 Å². The average Bonchev–Trinajstić information content (AvgIpc) is 3.08. The fourth-order valence-corrected chi connectivity index (χ4v) is 4.33. The minimum atomic E-state index is -0.586. The Hall–Kier alpha value is -2.44. The number of carbonyl (C=O) groups is 1. The summed E-state index contributed by atoms with van der Waals surface area (Å²) >= 11 is 0. The van der Waals surface area contributed by atoms with Gasteiger partial charge in [-0.15, -0.1) is 0 Å². The van der Waals surface area contributed by atoms with E-state index in [0.717, 1.165) is 35.7 Å². The van der Waals surface area contributed by atoms with Gasteiger partial charge in [-0.3, -0.25) is 14.7 Å². The van der Waals surface area contributed by atoms with E-state index in [1.165, 1.54) is 11.1 Å². The first-order valence-corrected chi connectivity index (χ1v) is 10.2. The fourth-order valence-electron chi connectivity index (χ4n) is 4.33. The summed E-state index contributed by atoms with van der Waals surface area (Å²) < 4.78 is 0. The Bertz CT molecular complexity index is 904. The lowest BCUT2D eigenvalue weighted by atomic mass is 9.94. The van der Waals surface area contributed by atoms with Crippen molar-refractivity contribution < 1.29 is 9.90 Å². The smallest absolute Gasteiger partial charge is 0.223 e. The number of rotatable bonds is 5. The number of hydrogen-bond donors (Lipinski definition) is 1. The molecule has 0 bridgehead atoms. The molecule has 0 radical (unpaired) electrons. The van der Waals surface area contributed by atoms with Gasteiger partial charge >= 0.3 is 0 Å². The van der Waals surface area contributed by atoms with Crippen molar-refractivity contribution in [3.8, 4) is 0 Å². The quantitative estimate of drug-likeness (QED) is 0.790. The Morgan fingerprint density at radius 1 is 1.21 bits per heavy atom. The molecule has 0 spiro atoms. The number of aliphatic hydroxyl groups is 1. The highest BCUT2D eigenvalue weighted by molar-refractivity contribution is 5.77. The van der Waals surface area contributed by atoms with Crippen molar-refractivity contribution in [3.63, 3.8) is 0 Å². The van der Waals surface area contributed by atoms with Crippen molar-refractivity contribution in [2.24, 2.45) is 5.92 Å². The molecule has 3 heterocycles. The molecule has 0 aliphatic carbocycles. The second kappa shape index (κ2) is 7.76. The number of pyridine rings is 1. The van der Waals surface area contributed by atoms with E-state index in [0.29, 0.717) is 25.4 Å². The third kappa shape index (κ3) is 4.00. The van der Waals surface area contributed by atoms with Crippen LogP contribution in [0.1, 0.15) is 40.7 Å². The Labute approximate surface area is 172 Å². The minimum absolute atomic E-state index is 0.231. The SMILES string of the molecule is Cc1cc(C)c2c(n1)CN(C(=O)CC1CN(c3ccc(C(O)N(C)C)cc3)C1)C2. The summed E-state index contributed by atoms with van der Waals surface area (Å²) in [6.07, 6.45) is 0.0113. The van der Waals surface area contributed by atoms with Gasteiger partial charge in [-0.2, -0.15) is 0 Å². The molecule has 2 aromatic rings. The Morgan fingerprint density at radius 3 is 2.55 bits per heavy atom. The Morgan fingerprint density at radius 2 is 1.90 bits per heavy atom. The average molecular weight is 395 g/mol. The monoisotopic (exact) mass is 394 g/mol. The summed E-state index contributed by atoms with van der Waals surface area (Å²) in [5.41, 5.74) is 6.58. The maximum Gasteiger partial charge on any atom is 0.223 e. The van der Waals surface area contributed by atoms with Crippen LogP contribution in [-0.4, -0.2) is 53.0 Å². The van der Waals surface area contributed by atoms with E-state index < -0.39 is 6.23 Å². The van der Waals surface area contributed by atoms with Crippen molar-refractivity contribution in [1.82, 2.24) is 14.8 Å². The van der Waals surface area contributed by atoms with Crippen molar-refractivity contribution in [2.45, 2.75) is 39.6 Å². The van der Waals surface area contributed by atoms with Gasteiger partial charge in [0.2, 0.25) is 5.91 Å². The molecule has 1 amide bonds. The predicted octanol–water partition coefficient (Wildman–Crippen LogP) is 2.62. The highest BCUT2D eigenvalue weighted by Crippen LogP contribution is 2.30. The molecule has 1 unspecified atom stereocenters. The Balaban J connectivity index is 1.29. The van der Waals surface area contributed by atoms with Gasteiger partial charge in [0, 0.05) is 43.4 Å². The van der Waals surface area contributed by atoms with E-state index in [1.807, 2.05) is 50.2 Å². The van der Waals surface area contributed by atoms with Crippen LogP contribution in [0.3, 0.4) is 0 Å². The number of carbonyl (C=O) groups excluding carboxylic acids is 1. The number of hydrogen-bond acceptors (Lipinski definition) is 5. The van der Waals surface area contributed by atoms with Gasteiger partial charge in [0.1, 0.15) is 6.23 Å². The van der Waals surface area contributed by atoms with Crippen LogP contribution in [0.2, 0.25) is 0 Å². The van der Waals surface area contributed by atoms with Crippen LogP contribution in [-0.2, 0) is 17.9 Å². The third-order valence-corrected chi connectivity index (χ3v) is 6.07. The van der Waals surface area contributed by atoms with Gasteiger partial charge in [-0.25, -0.2) is 0 Å². The highest BCUT2D eigenvalue weighted by Gasteiger charge is 2.32. The first-order chi connectivity index (χ1) is 13.8. The second-order valence-corrected chi connectivity index (χ2v) is 8.66. The molecule has 1 aromatic heterocycles. The molecule has 6 heteroatoms. The maximum atomic E-state index is 12.8. The minimum Gasteiger partial charge on any atom is -0.374 e. The van der Waals surface area contributed by atoms with E-state index in [2.05, 4.69) is 22.9 Å². The lowest BCUT2D eigenvalue weighted by molar-refractivity contribution is -0.133. The van der Waals surface area contributed by atoms with Crippen LogP contribution in [0, 0.1) is 19.8 Å². The molecular formula is C23H30N4O2. The van der Waals surface area contributed by atoms with Crippen LogP contribution < -0.4 is 4.90 Å². The molecule has 2 aliphatic rings. The molecule has 0 saturated carbocycles. The summed E-state index contributed by atoms with van der Waals surface area (Å²) in [6, 6.07) is 10.1. The standard InChI is InChI=1S/C23H30N4O2/c1-15-9-16(2)24-21-14-27(13-20(15)21)22(28)10-17-11-26(12-17)19-7-5-18(6-8-19)23(29)25(3)4/h5-9,17,23,29H,10-14H2,1-4H3. The molecule has 2 aliphatic heterocycles. The van der Waals surface area contributed by atoms with Gasteiger partial charge in [-0.05, 0) is 62.8 Å². The summed E-state index contributed by atoms with van der Waals surface area (Å²) in [4.78, 5) is 23.4. The number of aryl methyl sites for hydroxylation is 2. The zero-order valence-corrected chi connectivity index (χ0v) is 17.7. The van der Waals surface area contributed by atoms with Gasteiger partial charge in [-0.1, -0.05) is 12.1 Å². The number of benzene rings is 1. The summed E-state index contributed by atoms with van der Waals surface area (Å²) in [5, 5.41) is 10.1. The van der Waals surface area contributed by atoms with Crippen LogP contribution in [0.5, 0.6) is 0 Å². The zero-order chi connectivity index (χ0) is 20.7. The largest absolute Gasteiger partial charge is 0.374 e. The number of aromatic nitrogens is 1. The summed E-state index contributed by atoms with van der Waals surface area (Å²) in [5.74, 6) is 0.628. The van der Waals surface area contributed by atoms with Crippen LogP contribution >= 0.6 is 0 Å². The molecule has 154 valence electrons. The summed E-state index contributed by atoms with van der Waals surface area (Å²) in [7, 11) is 3.71. The van der Waals surface area contributed by atoms with Gasteiger partial charge < -0.3 is 14.9 Å². The molecule has 4 rings (SSSR count). The highest BCUT2D eigenvalue weighted by atomic mass is 16.3. The lowest BCUT2D eigenvalue weighted by Gasteiger charge is -2.41. The third-order valence-electron chi connectivity index (χ3n) is 6.07. The molecule has 1 atom stereocenters. The van der Waals surface area contributed by atoms with Crippen molar-refractivity contribution in [3.05, 3.63) is 58.4 Å². The first-order valence-electron chi connectivity index (χ1n) is 10.2. The van der Waals surface area contributed by atoms with Gasteiger partial charge in [0.05, 0.1) is 12.2 Å². The molecular weight excluding hydrogens is 364 g/mol. The lowest BCUT2D eigenvalue weighted by Crippen LogP contribution is -2.48. The van der Waals surface area contributed by atoms with Gasteiger partial charge in [0.15, 0.2) is 0 Å². The van der Waals surface area contributed by atoms with Crippen molar-refractivity contribution in [2.75, 3.05) is 32.1 Å². The summed E-state index contributed by atoms with van der Waals surface area (Å²) in [6.45, 7) is 7.25. The normalized spacial score (nSPS) is 17.4. The molecule has 29 heavy (non-hydrogen) atoms. The predicted molar refractivity (Wildman–Crippen MR) is 113 cm³/mol. The molecule has 1 aromatic carbocycles. The van der Waals surface area contributed by atoms with Crippen molar-refractivity contribution in [1.29, 1.82) is 0 Å². The van der Waals surface area contributed by atoms with Crippen LogP contribution in [0.15, 0.2) is 30.3 Å². The first kappa shape index (κ1) is 19.9. The zero-order valence-electron chi connectivity index (χ0n) is 17.7. The van der Waals surface area contributed by atoms with E-state index in [1.54, 1.807) is 4.90 Å². The molecule has 1 fully saturated rings. The topological polar surface area (TPSA) is 59.9 Å². The maximum absolute atomic E-state index is 12.8. The van der Waals surface area contributed by atoms with E-state index >= 15 is 0 Å². The van der Waals surface area contributed by atoms with Crippen molar-refractivity contribution >= 4 is 11.6 Å². The second-order valence-electron chi connectivity index (χ2n) is 8.66. The number of amides is 1. The molecule has 1 N–H and O–H groups in total. The van der Waals surface area contributed by atoms with E-state index in [4.69, 9.17) is 0 Å². The number of anilines is 1. The number of aliphatic hydroxyl groups excluding tert-OH is 1.